The highest BCUT2D eigenvalue weighted by Crippen LogP contribution is 2.32. The highest BCUT2D eigenvalue weighted by atomic mass is 16.6. The standard InChI is InChI=1S/C16H19NO5/c1-11-9-13(18)16(2,14(19)21-3)17(11)15(20)22-10-12-7-5-4-6-8-12/h4-8,11H,9-10H2,1-3H3/t11-,16?/m1/s1. The summed E-state index contributed by atoms with van der Waals surface area (Å²) in [5.74, 6) is -1.10. The number of carbonyl (C=O) groups is 3. The van der Waals surface area contributed by atoms with Crippen molar-refractivity contribution >= 4 is 17.8 Å². The molecule has 1 saturated heterocycles. The summed E-state index contributed by atoms with van der Waals surface area (Å²) >= 11 is 0. The van der Waals surface area contributed by atoms with Gasteiger partial charge in [-0.3, -0.25) is 9.69 Å². The number of hydrogen-bond acceptors (Lipinski definition) is 5. The van der Waals surface area contributed by atoms with E-state index in [0.29, 0.717) is 0 Å². The Morgan fingerprint density at radius 3 is 2.55 bits per heavy atom. The molecule has 2 atom stereocenters. The molecule has 6 nitrogen and oxygen atoms in total. The van der Waals surface area contributed by atoms with E-state index >= 15 is 0 Å². The largest absolute Gasteiger partial charge is 0.467 e. The average Bonchev–Trinajstić information content (AvgIpc) is 2.75. The Labute approximate surface area is 129 Å². The first kappa shape index (κ1) is 16.0. The van der Waals surface area contributed by atoms with Crippen LogP contribution in [0.4, 0.5) is 4.79 Å². The van der Waals surface area contributed by atoms with E-state index in [1.165, 1.54) is 18.9 Å². The van der Waals surface area contributed by atoms with Crippen molar-refractivity contribution in [2.75, 3.05) is 7.11 Å². The van der Waals surface area contributed by atoms with E-state index in [2.05, 4.69) is 4.74 Å². The lowest BCUT2D eigenvalue weighted by Crippen LogP contribution is -2.56. The van der Waals surface area contributed by atoms with Gasteiger partial charge in [0.1, 0.15) is 6.61 Å². The summed E-state index contributed by atoms with van der Waals surface area (Å²) in [6.45, 7) is 3.18. The topological polar surface area (TPSA) is 72.9 Å². The van der Waals surface area contributed by atoms with Crippen LogP contribution in [0.1, 0.15) is 25.8 Å². The highest BCUT2D eigenvalue weighted by Gasteiger charge is 2.57. The smallest absolute Gasteiger partial charge is 0.411 e. The number of rotatable bonds is 3. The zero-order chi connectivity index (χ0) is 16.3. The number of Topliss-reactive ketones (excluding diaryl/α,β-unsaturated/α-hetero) is 1. The molecule has 1 aliphatic rings. The summed E-state index contributed by atoms with van der Waals surface area (Å²) in [5.41, 5.74) is -0.795. The normalized spacial score (nSPS) is 24.2. The Bertz CT molecular complexity index is 575. The van der Waals surface area contributed by atoms with Gasteiger partial charge in [0.05, 0.1) is 7.11 Å². The van der Waals surface area contributed by atoms with Crippen molar-refractivity contribution in [3.63, 3.8) is 0 Å². The van der Waals surface area contributed by atoms with Crippen LogP contribution >= 0.6 is 0 Å². The molecule has 0 radical (unpaired) electrons. The summed E-state index contributed by atoms with van der Waals surface area (Å²) in [6.07, 6.45) is -0.596. The molecule has 0 bridgehead atoms. The third-order valence-corrected chi connectivity index (χ3v) is 3.93. The first-order chi connectivity index (χ1) is 10.4. The van der Waals surface area contributed by atoms with Gasteiger partial charge in [0, 0.05) is 12.5 Å². The van der Waals surface area contributed by atoms with E-state index in [1.54, 1.807) is 6.92 Å². The molecule has 0 saturated carbocycles. The zero-order valence-corrected chi connectivity index (χ0v) is 12.9. The predicted molar refractivity (Wildman–Crippen MR) is 78.0 cm³/mol. The van der Waals surface area contributed by atoms with Gasteiger partial charge in [0.2, 0.25) is 0 Å². The number of benzene rings is 1. The Morgan fingerprint density at radius 1 is 1.32 bits per heavy atom. The van der Waals surface area contributed by atoms with Crippen LogP contribution < -0.4 is 0 Å². The third kappa shape index (κ3) is 2.68. The monoisotopic (exact) mass is 305 g/mol. The van der Waals surface area contributed by atoms with E-state index < -0.39 is 23.6 Å². The van der Waals surface area contributed by atoms with Gasteiger partial charge in [0.25, 0.3) is 0 Å². The maximum absolute atomic E-state index is 12.4. The lowest BCUT2D eigenvalue weighted by atomic mass is 9.98. The van der Waals surface area contributed by atoms with Gasteiger partial charge in [0.15, 0.2) is 11.3 Å². The van der Waals surface area contributed by atoms with Crippen LogP contribution in [0.2, 0.25) is 0 Å². The molecule has 1 heterocycles. The number of ketones is 1. The molecule has 1 fully saturated rings. The van der Waals surface area contributed by atoms with Crippen molar-refractivity contribution in [1.82, 2.24) is 4.90 Å². The molecule has 6 heteroatoms. The van der Waals surface area contributed by atoms with Crippen LogP contribution in [0.3, 0.4) is 0 Å². The van der Waals surface area contributed by atoms with Crippen LogP contribution in [0.5, 0.6) is 0 Å². The van der Waals surface area contributed by atoms with Gasteiger partial charge < -0.3 is 9.47 Å². The SMILES string of the molecule is COC(=O)C1(C)C(=O)C[C@@H](C)N1C(=O)OCc1ccccc1. The maximum atomic E-state index is 12.4. The fourth-order valence-electron chi connectivity index (χ4n) is 2.70. The van der Waals surface area contributed by atoms with E-state index in [0.717, 1.165) is 5.56 Å². The number of likely N-dealkylation sites (tertiary alicyclic amines) is 1. The van der Waals surface area contributed by atoms with E-state index in [-0.39, 0.29) is 18.8 Å². The minimum Gasteiger partial charge on any atom is -0.467 e. The lowest BCUT2D eigenvalue weighted by molar-refractivity contribution is -0.155. The van der Waals surface area contributed by atoms with E-state index in [9.17, 15) is 14.4 Å². The summed E-state index contributed by atoms with van der Waals surface area (Å²) in [4.78, 5) is 37.7. The fourth-order valence-corrected chi connectivity index (χ4v) is 2.70. The van der Waals surface area contributed by atoms with E-state index in [4.69, 9.17) is 4.74 Å². The first-order valence-electron chi connectivity index (χ1n) is 7.03. The van der Waals surface area contributed by atoms with E-state index in [1.807, 2.05) is 30.3 Å². The number of amides is 1. The quantitative estimate of drug-likeness (QED) is 0.630. The highest BCUT2D eigenvalue weighted by molar-refractivity contribution is 6.12. The van der Waals surface area contributed by atoms with Crippen molar-refractivity contribution in [2.45, 2.75) is 38.5 Å². The minimum absolute atomic E-state index is 0.0777. The number of methoxy groups -OCH3 is 1. The van der Waals surface area contributed by atoms with Gasteiger partial charge in [-0.2, -0.15) is 0 Å². The summed E-state index contributed by atoms with van der Waals surface area (Å²) in [5, 5.41) is 0. The maximum Gasteiger partial charge on any atom is 0.411 e. The summed E-state index contributed by atoms with van der Waals surface area (Å²) in [7, 11) is 1.19. The Hall–Kier alpha value is -2.37. The molecule has 1 aromatic carbocycles. The molecule has 1 unspecified atom stereocenters. The van der Waals surface area contributed by atoms with Crippen LogP contribution in [0, 0.1) is 0 Å². The van der Waals surface area contributed by atoms with Gasteiger partial charge in [-0.15, -0.1) is 0 Å². The Morgan fingerprint density at radius 2 is 1.95 bits per heavy atom. The lowest BCUT2D eigenvalue weighted by Gasteiger charge is -2.32. The molecule has 0 spiro atoms. The summed E-state index contributed by atoms with van der Waals surface area (Å²) < 4.78 is 9.94. The molecule has 0 aromatic heterocycles. The van der Waals surface area contributed by atoms with Gasteiger partial charge in [-0.05, 0) is 19.4 Å². The van der Waals surface area contributed by atoms with Crippen molar-refractivity contribution in [1.29, 1.82) is 0 Å². The second kappa shape index (κ2) is 6.17. The fraction of sp³-hybridized carbons (Fsp3) is 0.438. The Kier molecular flexibility index (Phi) is 4.49. The minimum atomic E-state index is -1.62. The molecule has 1 aliphatic heterocycles. The van der Waals surface area contributed by atoms with Crippen molar-refractivity contribution in [3.8, 4) is 0 Å². The molecule has 0 N–H and O–H groups in total. The second-order valence-electron chi connectivity index (χ2n) is 5.45. The second-order valence-corrected chi connectivity index (χ2v) is 5.45. The van der Waals surface area contributed by atoms with Crippen LogP contribution in [0.15, 0.2) is 30.3 Å². The average molecular weight is 305 g/mol. The van der Waals surface area contributed by atoms with Gasteiger partial charge in [-0.25, -0.2) is 9.59 Å². The molecular formula is C16H19NO5. The number of carbonyl (C=O) groups excluding carboxylic acids is 3. The molecule has 2 rings (SSSR count). The van der Waals surface area contributed by atoms with Crippen LogP contribution in [-0.4, -0.2) is 41.4 Å². The number of ether oxygens (including phenoxy) is 2. The van der Waals surface area contributed by atoms with Crippen LogP contribution in [0.25, 0.3) is 0 Å². The number of nitrogens with zero attached hydrogens (tertiary/aromatic N) is 1. The third-order valence-electron chi connectivity index (χ3n) is 3.93. The molecule has 118 valence electrons. The molecule has 1 amide bonds. The van der Waals surface area contributed by atoms with Crippen molar-refractivity contribution in [3.05, 3.63) is 35.9 Å². The predicted octanol–water partition coefficient (Wildman–Crippen LogP) is 1.92. The summed E-state index contributed by atoms with van der Waals surface area (Å²) in [6, 6.07) is 8.77. The van der Waals surface area contributed by atoms with Crippen molar-refractivity contribution in [2.24, 2.45) is 0 Å². The molecular weight excluding hydrogens is 286 g/mol. The molecule has 0 aliphatic carbocycles. The number of esters is 1. The van der Waals surface area contributed by atoms with Gasteiger partial charge in [-0.1, -0.05) is 30.3 Å². The molecule has 1 aromatic rings. The zero-order valence-electron chi connectivity index (χ0n) is 12.9. The first-order valence-corrected chi connectivity index (χ1v) is 7.03. The van der Waals surface area contributed by atoms with Crippen LogP contribution in [-0.2, 0) is 25.7 Å². The van der Waals surface area contributed by atoms with Crippen molar-refractivity contribution < 1.29 is 23.9 Å². The van der Waals surface area contributed by atoms with Gasteiger partial charge >= 0.3 is 12.1 Å². The Balaban J connectivity index is 2.15. The number of hydrogen-bond donors (Lipinski definition) is 0. The molecule has 22 heavy (non-hydrogen) atoms.